The number of hydrogen-bond acceptors (Lipinski definition) is 11. The van der Waals surface area contributed by atoms with Gasteiger partial charge in [-0.2, -0.15) is 8.62 Å². The lowest BCUT2D eigenvalue weighted by atomic mass is 10.1. The number of aliphatic hydroxyl groups is 2. The number of rotatable bonds is 8. The van der Waals surface area contributed by atoms with E-state index in [9.17, 15) is 33.6 Å². The second-order valence-corrected chi connectivity index (χ2v) is 10.7. The maximum atomic E-state index is 11.7. The van der Waals surface area contributed by atoms with Crippen molar-refractivity contribution >= 4 is 35.7 Å². The molecule has 1 fully saturated rings. The standard InChI is InChI=1S/C10H17N2O14P3S/c1-4-2-12(10(30)11-8(4)15)9-7(14)6(13)5(24-9)3-23-28(19,20)26-29(21,22)25-27(16,17)18/h2,5-7,9,13-14H,3H2,1H3,(H,19,20)(H,21,22)(H,11,15,30)(H2,16,17,18)/t5-,6?,7?,9-/m1/s1. The fraction of sp³-hybridized carbons (Fsp3) is 0.600. The number of aromatic nitrogens is 2. The van der Waals surface area contributed by atoms with Gasteiger partial charge in [-0.05, 0) is 19.1 Å². The van der Waals surface area contributed by atoms with Gasteiger partial charge in [0.25, 0.3) is 5.56 Å². The first kappa shape index (κ1) is 25.6. The van der Waals surface area contributed by atoms with Crippen molar-refractivity contribution in [3.8, 4) is 0 Å². The third kappa shape index (κ3) is 6.69. The lowest BCUT2D eigenvalue weighted by molar-refractivity contribution is -0.0534. The molecule has 0 spiro atoms. The van der Waals surface area contributed by atoms with Gasteiger partial charge in [-0.3, -0.25) is 18.9 Å². The number of H-pyrrole nitrogens is 1. The average Bonchev–Trinajstić information content (AvgIpc) is 2.81. The molecule has 4 unspecified atom stereocenters. The summed E-state index contributed by atoms with van der Waals surface area (Å²) in [6, 6.07) is 0. The fourth-order valence-electron chi connectivity index (χ4n) is 2.34. The predicted molar refractivity (Wildman–Crippen MR) is 96.4 cm³/mol. The first-order chi connectivity index (χ1) is 13.5. The van der Waals surface area contributed by atoms with Gasteiger partial charge < -0.3 is 34.5 Å². The minimum Gasteiger partial charge on any atom is -0.387 e. The van der Waals surface area contributed by atoms with E-state index in [1.54, 1.807) is 0 Å². The van der Waals surface area contributed by atoms with Crippen molar-refractivity contribution in [1.82, 2.24) is 9.55 Å². The summed E-state index contributed by atoms with van der Waals surface area (Å²) in [4.78, 5) is 49.3. The summed E-state index contributed by atoms with van der Waals surface area (Å²) in [5.74, 6) is 0. The zero-order chi connectivity index (χ0) is 23.1. The van der Waals surface area contributed by atoms with Crippen LogP contribution in [0.15, 0.2) is 11.0 Å². The Hall–Kier alpha value is -0.610. The van der Waals surface area contributed by atoms with E-state index in [2.05, 4.69) is 18.1 Å². The number of nitrogens with one attached hydrogen (secondary N) is 1. The number of hydrogen-bond donors (Lipinski definition) is 7. The van der Waals surface area contributed by atoms with Gasteiger partial charge in [0.1, 0.15) is 18.3 Å². The summed E-state index contributed by atoms with van der Waals surface area (Å²) in [5.41, 5.74) is -0.293. The number of aromatic amines is 1. The molecular weight excluding hydrogens is 497 g/mol. The molecule has 1 aliphatic rings. The number of phosphoric acid groups is 3. The van der Waals surface area contributed by atoms with E-state index < -0.39 is 60.2 Å². The Morgan fingerprint density at radius 1 is 1.13 bits per heavy atom. The molecule has 0 amide bonds. The topological polar surface area (TPSA) is 247 Å². The molecule has 0 saturated carbocycles. The third-order valence-corrected chi connectivity index (χ3v) is 7.69. The first-order valence-corrected chi connectivity index (χ1v) is 12.6. The monoisotopic (exact) mass is 514 g/mol. The number of phosphoric ester groups is 1. The Bertz CT molecular complexity index is 1050. The van der Waals surface area contributed by atoms with E-state index in [1.165, 1.54) is 13.1 Å². The van der Waals surface area contributed by atoms with Gasteiger partial charge in [0, 0.05) is 11.8 Å². The molecular formula is C10H17N2O14P3S. The van der Waals surface area contributed by atoms with Crippen molar-refractivity contribution in [3.05, 3.63) is 26.9 Å². The number of ether oxygens (including phenoxy) is 1. The minimum atomic E-state index is -5.71. The lowest BCUT2D eigenvalue weighted by Crippen LogP contribution is -2.34. The smallest absolute Gasteiger partial charge is 0.387 e. The Morgan fingerprint density at radius 2 is 1.73 bits per heavy atom. The largest absolute Gasteiger partial charge is 0.490 e. The molecule has 1 aromatic heterocycles. The van der Waals surface area contributed by atoms with Crippen LogP contribution in [0.3, 0.4) is 0 Å². The van der Waals surface area contributed by atoms with Crippen LogP contribution >= 0.6 is 35.7 Å². The van der Waals surface area contributed by atoms with Gasteiger partial charge >= 0.3 is 23.5 Å². The number of nitrogens with zero attached hydrogens (tertiary/aromatic N) is 1. The minimum absolute atomic E-state index is 0.157. The summed E-state index contributed by atoms with van der Waals surface area (Å²) in [5, 5.41) is 20.2. The molecule has 2 rings (SSSR count). The maximum absolute atomic E-state index is 11.7. The molecule has 172 valence electrons. The Morgan fingerprint density at radius 3 is 2.30 bits per heavy atom. The van der Waals surface area contributed by atoms with Crippen molar-refractivity contribution in [2.24, 2.45) is 0 Å². The fourth-order valence-corrected chi connectivity index (χ4v) is 5.62. The Labute approximate surface area is 172 Å². The third-order valence-electron chi connectivity index (χ3n) is 3.58. The number of aryl methyl sites for hydroxylation is 1. The molecule has 30 heavy (non-hydrogen) atoms. The lowest BCUT2D eigenvalue weighted by Gasteiger charge is -2.19. The highest BCUT2D eigenvalue weighted by Gasteiger charge is 2.46. The molecule has 0 radical (unpaired) electrons. The van der Waals surface area contributed by atoms with Crippen LogP contribution in [0, 0.1) is 11.7 Å². The van der Waals surface area contributed by atoms with Crippen molar-refractivity contribution in [2.75, 3.05) is 6.61 Å². The van der Waals surface area contributed by atoms with Crippen LogP contribution in [0.1, 0.15) is 11.8 Å². The molecule has 1 aromatic rings. The van der Waals surface area contributed by atoms with Crippen molar-refractivity contribution in [3.63, 3.8) is 0 Å². The molecule has 2 heterocycles. The number of aliphatic hydroxyl groups excluding tert-OH is 2. The van der Waals surface area contributed by atoms with Crippen LogP contribution in [-0.4, -0.2) is 64.3 Å². The highest BCUT2D eigenvalue weighted by atomic mass is 32.1. The van der Waals surface area contributed by atoms with Gasteiger partial charge in [-0.25, -0.2) is 13.7 Å². The molecule has 0 aromatic carbocycles. The van der Waals surface area contributed by atoms with Gasteiger partial charge in [0.15, 0.2) is 11.0 Å². The van der Waals surface area contributed by atoms with Crippen molar-refractivity contribution in [2.45, 2.75) is 31.5 Å². The summed E-state index contributed by atoms with van der Waals surface area (Å²) in [6.45, 7) is 0.461. The van der Waals surface area contributed by atoms with Gasteiger partial charge in [0.2, 0.25) is 0 Å². The Kier molecular flexibility index (Phi) is 7.78. The van der Waals surface area contributed by atoms with E-state index in [4.69, 9.17) is 31.6 Å². The molecule has 0 aliphatic carbocycles. The molecule has 1 aliphatic heterocycles. The van der Waals surface area contributed by atoms with Crippen LogP contribution in [0.25, 0.3) is 0 Å². The molecule has 6 atom stereocenters. The molecule has 1 saturated heterocycles. The molecule has 20 heteroatoms. The van der Waals surface area contributed by atoms with E-state index >= 15 is 0 Å². The highest BCUT2D eigenvalue weighted by Crippen LogP contribution is 2.66. The van der Waals surface area contributed by atoms with Crippen LogP contribution in [-0.2, 0) is 31.6 Å². The van der Waals surface area contributed by atoms with E-state index in [-0.39, 0.29) is 10.3 Å². The quantitative estimate of drug-likeness (QED) is 0.165. The van der Waals surface area contributed by atoms with Crippen LogP contribution in [0.5, 0.6) is 0 Å². The van der Waals surface area contributed by atoms with Gasteiger partial charge in [-0.15, -0.1) is 0 Å². The summed E-state index contributed by atoms with van der Waals surface area (Å²) in [6.07, 6.45) is -4.90. The van der Waals surface area contributed by atoms with Crippen LogP contribution in [0.2, 0.25) is 0 Å². The molecule has 7 N–H and O–H groups in total. The van der Waals surface area contributed by atoms with Crippen molar-refractivity contribution < 1.29 is 61.4 Å². The first-order valence-electron chi connectivity index (χ1n) is 7.63. The summed E-state index contributed by atoms with van der Waals surface area (Å²) < 4.78 is 51.3. The van der Waals surface area contributed by atoms with Gasteiger partial charge in [-0.1, -0.05) is 0 Å². The molecule has 0 bridgehead atoms. The van der Waals surface area contributed by atoms with E-state index in [0.29, 0.717) is 0 Å². The summed E-state index contributed by atoms with van der Waals surface area (Å²) >= 11 is 4.96. The van der Waals surface area contributed by atoms with E-state index in [1.807, 2.05) is 0 Å². The second kappa shape index (κ2) is 9.10. The van der Waals surface area contributed by atoms with Crippen molar-refractivity contribution in [1.29, 1.82) is 0 Å². The average molecular weight is 514 g/mol. The van der Waals surface area contributed by atoms with Crippen LogP contribution in [0.4, 0.5) is 0 Å². The zero-order valence-electron chi connectivity index (χ0n) is 14.7. The Balaban J connectivity index is 2.09. The maximum Gasteiger partial charge on any atom is 0.490 e. The molecule has 16 nitrogen and oxygen atoms in total. The van der Waals surface area contributed by atoms with Gasteiger partial charge in [0.05, 0.1) is 6.61 Å². The van der Waals surface area contributed by atoms with Crippen LogP contribution < -0.4 is 5.56 Å². The summed E-state index contributed by atoms with van der Waals surface area (Å²) in [7, 11) is -16.7. The SMILES string of the molecule is Cc1cn([C@@H]2O[C@H](COP(=O)(O)OP(=O)(O)OP(=O)(O)O)C(O)C2O)c(=S)[nH]c1=O. The van der Waals surface area contributed by atoms with E-state index in [0.717, 1.165) is 4.57 Å². The normalized spacial score (nSPS) is 28.8. The second-order valence-electron chi connectivity index (χ2n) is 5.91. The zero-order valence-corrected chi connectivity index (χ0v) is 18.2. The highest BCUT2D eigenvalue weighted by molar-refractivity contribution is 7.71. The predicted octanol–water partition coefficient (Wildman–Crippen LogP) is -0.823.